The van der Waals surface area contributed by atoms with Crippen LogP contribution in [0.3, 0.4) is 0 Å². The molecule has 56 heavy (non-hydrogen) atoms. The number of thiophene rings is 1. The summed E-state index contributed by atoms with van der Waals surface area (Å²) in [6.07, 6.45) is 0. The van der Waals surface area contributed by atoms with Crippen molar-refractivity contribution in [3.05, 3.63) is 182 Å². The Bertz CT molecular complexity index is 3540. The summed E-state index contributed by atoms with van der Waals surface area (Å²) in [5, 5.41) is 9.24. The molecular formula is C52H30N2OS. The van der Waals surface area contributed by atoms with Crippen LogP contribution in [-0.4, -0.2) is 9.97 Å². The van der Waals surface area contributed by atoms with Crippen molar-refractivity contribution in [3.63, 3.8) is 0 Å². The third kappa shape index (κ3) is 4.76. The summed E-state index contributed by atoms with van der Waals surface area (Å²) in [7, 11) is 0. The maximum absolute atomic E-state index is 6.78. The van der Waals surface area contributed by atoms with E-state index in [-0.39, 0.29) is 0 Å². The highest BCUT2D eigenvalue weighted by Crippen LogP contribution is 2.46. The second-order valence-corrected chi connectivity index (χ2v) is 15.5. The molecule has 8 aromatic carbocycles. The van der Waals surface area contributed by atoms with Crippen LogP contribution >= 0.6 is 11.3 Å². The van der Waals surface area contributed by atoms with Gasteiger partial charge in [0.1, 0.15) is 11.2 Å². The van der Waals surface area contributed by atoms with Crippen molar-refractivity contribution < 1.29 is 4.42 Å². The van der Waals surface area contributed by atoms with Crippen molar-refractivity contribution in [2.24, 2.45) is 0 Å². The smallest absolute Gasteiger partial charge is 0.143 e. The molecule has 4 heterocycles. The van der Waals surface area contributed by atoms with Crippen LogP contribution in [-0.2, 0) is 0 Å². The molecule has 0 saturated carbocycles. The van der Waals surface area contributed by atoms with Crippen molar-refractivity contribution in [1.29, 1.82) is 0 Å². The molecule has 12 aromatic rings. The number of rotatable bonds is 4. The van der Waals surface area contributed by atoms with E-state index in [0.717, 1.165) is 88.2 Å². The Morgan fingerprint density at radius 3 is 1.82 bits per heavy atom. The van der Waals surface area contributed by atoms with Gasteiger partial charge >= 0.3 is 0 Å². The second-order valence-electron chi connectivity index (χ2n) is 14.5. The summed E-state index contributed by atoms with van der Waals surface area (Å²) in [6.45, 7) is 0. The molecule has 0 amide bonds. The summed E-state index contributed by atoms with van der Waals surface area (Å²) in [5.41, 5.74) is 12.3. The third-order valence-corrected chi connectivity index (χ3v) is 12.5. The fraction of sp³-hybridized carbons (Fsp3) is 0. The molecule has 0 atom stereocenters. The number of pyridine rings is 2. The van der Waals surface area contributed by atoms with Crippen molar-refractivity contribution >= 4 is 86.0 Å². The Balaban J connectivity index is 1.05. The number of hydrogen-bond acceptors (Lipinski definition) is 4. The zero-order chi connectivity index (χ0) is 36.7. The quantitative estimate of drug-likeness (QED) is 0.169. The number of hydrogen-bond donors (Lipinski definition) is 0. The number of nitrogens with zero attached hydrogens (tertiary/aromatic N) is 2. The maximum Gasteiger partial charge on any atom is 0.143 e. The Hall–Kier alpha value is -7.14. The first-order valence-electron chi connectivity index (χ1n) is 18.9. The predicted octanol–water partition coefficient (Wildman–Crippen LogP) is 14.9. The number of aromatic nitrogens is 2. The van der Waals surface area contributed by atoms with Gasteiger partial charge < -0.3 is 4.42 Å². The van der Waals surface area contributed by atoms with Crippen molar-refractivity contribution in [3.8, 4) is 44.8 Å². The summed E-state index contributed by atoms with van der Waals surface area (Å²) in [6, 6.07) is 64.8. The van der Waals surface area contributed by atoms with E-state index in [4.69, 9.17) is 14.4 Å². The standard InChI is InChI=1S/C52H30N2OS/c1-2-11-31(12-3-1)44-27-25-32-23-24-33-26-28-45(54-50(33)49(32)53-44)35-14-8-13-34(29-35)42-30-43-48-38(18-10-21-46(48)55-51(43)39-17-5-4-15-36(39)42)41-20-9-19-40-37-16-6-7-22-47(37)56-52(40)41/h1-30H. The molecule has 0 aliphatic carbocycles. The molecule has 0 radical (unpaired) electrons. The monoisotopic (exact) mass is 730 g/mol. The lowest BCUT2D eigenvalue weighted by molar-refractivity contribution is 0.673. The Morgan fingerprint density at radius 1 is 0.393 bits per heavy atom. The van der Waals surface area contributed by atoms with Crippen molar-refractivity contribution in [1.82, 2.24) is 9.97 Å². The minimum atomic E-state index is 0.892. The minimum absolute atomic E-state index is 0.892. The van der Waals surface area contributed by atoms with E-state index in [2.05, 4.69) is 176 Å². The number of fused-ring (bicyclic) bond motifs is 11. The van der Waals surface area contributed by atoms with Crippen LogP contribution in [0, 0.1) is 0 Å². The molecule has 0 bridgehead atoms. The van der Waals surface area contributed by atoms with Gasteiger partial charge in [0.15, 0.2) is 0 Å². The first-order chi connectivity index (χ1) is 27.7. The van der Waals surface area contributed by atoms with Gasteiger partial charge in [0.25, 0.3) is 0 Å². The lowest BCUT2D eigenvalue weighted by atomic mass is 9.92. The zero-order valence-corrected chi connectivity index (χ0v) is 30.8. The van der Waals surface area contributed by atoms with Gasteiger partial charge in [0.2, 0.25) is 0 Å². The highest BCUT2D eigenvalue weighted by molar-refractivity contribution is 7.26. The average Bonchev–Trinajstić information content (AvgIpc) is 3.85. The number of furan rings is 1. The topological polar surface area (TPSA) is 38.9 Å². The molecule has 0 N–H and O–H groups in total. The molecule has 0 fully saturated rings. The van der Waals surface area contributed by atoms with Gasteiger partial charge in [-0.15, -0.1) is 11.3 Å². The van der Waals surface area contributed by atoms with Gasteiger partial charge in [-0.1, -0.05) is 146 Å². The van der Waals surface area contributed by atoms with Crippen molar-refractivity contribution in [2.75, 3.05) is 0 Å². The Kier molecular flexibility index (Phi) is 6.80. The van der Waals surface area contributed by atoms with Gasteiger partial charge in [0.05, 0.1) is 22.4 Å². The SMILES string of the molecule is c1ccc(-c2ccc3ccc4ccc(-c5cccc(-c6cc7c(oc8cccc(-c9cccc%10c9sc9ccccc9%10)c87)c7ccccc67)c5)nc4c3n2)cc1. The molecule has 0 spiro atoms. The van der Waals surface area contributed by atoms with Gasteiger partial charge in [-0.05, 0) is 58.5 Å². The average molecular weight is 731 g/mol. The maximum atomic E-state index is 6.78. The zero-order valence-electron chi connectivity index (χ0n) is 30.0. The first-order valence-corrected chi connectivity index (χ1v) is 19.7. The normalized spacial score (nSPS) is 11.9. The van der Waals surface area contributed by atoms with Crippen molar-refractivity contribution in [2.45, 2.75) is 0 Å². The fourth-order valence-corrected chi connectivity index (χ4v) is 9.85. The van der Waals surface area contributed by atoms with E-state index in [9.17, 15) is 0 Å². The van der Waals surface area contributed by atoms with Crippen LogP contribution in [0.1, 0.15) is 0 Å². The van der Waals surface area contributed by atoms with E-state index in [1.54, 1.807) is 0 Å². The van der Waals surface area contributed by atoms with E-state index in [1.165, 1.54) is 31.3 Å². The number of benzene rings is 8. The summed E-state index contributed by atoms with van der Waals surface area (Å²) in [4.78, 5) is 10.4. The molecular weight excluding hydrogens is 701 g/mol. The highest BCUT2D eigenvalue weighted by atomic mass is 32.1. The fourth-order valence-electron chi connectivity index (χ4n) is 8.62. The van der Waals surface area contributed by atoms with E-state index in [1.807, 2.05) is 17.4 Å². The first kappa shape index (κ1) is 31.2. The van der Waals surface area contributed by atoms with Gasteiger partial charge in [-0.25, -0.2) is 9.97 Å². The van der Waals surface area contributed by atoms with Gasteiger partial charge in [0, 0.05) is 63.8 Å². The molecule has 0 saturated heterocycles. The highest BCUT2D eigenvalue weighted by Gasteiger charge is 2.20. The molecule has 0 aliphatic rings. The van der Waals surface area contributed by atoms with Crippen LogP contribution in [0.4, 0.5) is 0 Å². The van der Waals surface area contributed by atoms with Crippen LogP contribution < -0.4 is 0 Å². The molecule has 4 heteroatoms. The molecule has 4 aromatic heterocycles. The molecule has 260 valence electrons. The second kappa shape index (κ2) is 12.2. The molecule has 0 aliphatic heterocycles. The molecule has 0 unspecified atom stereocenters. The lowest BCUT2D eigenvalue weighted by Crippen LogP contribution is -1.91. The minimum Gasteiger partial charge on any atom is -0.455 e. The largest absolute Gasteiger partial charge is 0.455 e. The van der Waals surface area contributed by atoms with E-state index in [0.29, 0.717) is 0 Å². The molecule has 12 rings (SSSR count). The summed E-state index contributed by atoms with van der Waals surface area (Å²) in [5.74, 6) is 0. The Morgan fingerprint density at radius 2 is 1.00 bits per heavy atom. The predicted molar refractivity (Wildman–Crippen MR) is 236 cm³/mol. The van der Waals surface area contributed by atoms with E-state index < -0.39 is 0 Å². The van der Waals surface area contributed by atoms with Gasteiger partial charge in [-0.2, -0.15) is 0 Å². The van der Waals surface area contributed by atoms with Crippen LogP contribution in [0.25, 0.3) is 119 Å². The Labute approximate surface area is 325 Å². The summed E-state index contributed by atoms with van der Waals surface area (Å²) < 4.78 is 9.38. The van der Waals surface area contributed by atoms with Crippen LogP contribution in [0.5, 0.6) is 0 Å². The van der Waals surface area contributed by atoms with Crippen LogP contribution in [0.2, 0.25) is 0 Å². The summed E-state index contributed by atoms with van der Waals surface area (Å²) >= 11 is 1.86. The van der Waals surface area contributed by atoms with Gasteiger partial charge in [-0.3, -0.25) is 0 Å². The van der Waals surface area contributed by atoms with Crippen LogP contribution in [0.15, 0.2) is 186 Å². The van der Waals surface area contributed by atoms with E-state index >= 15 is 0 Å². The molecule has 3 nitrogen and oxygen atoms in total. The third-order valence-electron chi connectivity index (χ3n) is 11.3. The lowest BCUT2D eigenvalue weighted by Gasteiger charge is -2.11.